The van der Waals surface area contributed by atoms with Gasteiger partial charge in [-0.2, -0.15) is 0 Å². The Morgan fingerprint density at radius 3 is 2.24 bits per heavy atom. The minimum atomic E-state index is 0.698. The van der Waals surface area contributed by atoms with Gasteiger partial charge in [0.15, 0.2) is 11.0 Å². The maximum absolute atomic E-state index is 6.06. The fourth-order valence-electron chi connectivity index (χ4n) is 2.95. The normalized spacial score (nSPS) is 10.9. The van der Waals surface area contributed by atoms with E-state index in [1.165, 1.54) is 11.1 Å². The number of hydrogen-bond acceptors (Lipinski definition) is 4. The minimum Gasteiger partial charge on any atom is -0.497 e. The summed E-state index contributed by atoms with van der Waals surface area (Å²) in [5.41, 5.74) is 4.41. The quantitative estimate of drug-likeness (QED) is 0.347. The van der Waals surface area contributed by atoms with Gasteiger partial charge in [-0.05, 0) is 61.0 Å². The first-order valence-corrected chi connectivity index (χ1v) is 10.5. The number of ether oxygens (including phenoxy) is 1. The zero-order valence-electron chi connectivity index (χ0n) is 16.2. The van der Waals surface area contributed by atoms with Gasteiger partial charge in [0.2, 0.25) is 0 Å². The van der Waals surface area contributed by atoms with Crippen LogP contribution in [0.15, 0.2) is 78.0 Å². The first-order valence-electron chi connectivity index (χ1n) is 9.18. The number of halogens is 1. The number of nitrogens with zero attached hydrogens (tertiary/aromatic N) is 3. The fraction of sp³-hybridized carbons (Fsp3) is 0.130. The van der Waals surface area contributed by atoms with Crippen LogP contribution in [-0.2, 0) is 5.75 Å². The van der Waals surface area contributed by atoms with Gasteiger partial charge in [0.1, 0.15) is 5.75 Å². The van der Waals surface area contributed by atoms with Crippen molar-refractivity contribution in [3.63, 3.8) is 0 Å². The summed E-state index contributed by atoms with van der Waals surface area (Å²) in [6.07, 6.45) is 0. The average molecular weight is 422 g/mol. The van der Waals surface area contributed by atoms with Gasteiger partial charge in [0.25, 0.3) is 0 Å². The number of thioether (sulfide) groups is 1. The van der Waals surface area contributed by atoms with E-state index in [0.29, 0.717) is 5.02 Å². The second-order valence-electron chi connectivity index (χ2n) is 6.62. The van der Waals surface area contributed by atoms with Crippen LogP contribution in [0.2, 0.25) is 5.02 Å². The molecule has 0 aliphatic heterocycles. The van der Waals surface area contributed by atoms with Gasteiger partial charge < -0.3 is 4.74 Å². The van der Waals surface area contributed by atoms with Crippen LogP contribution in [0.1, 0.15) is 11.1 Å². The van der Waals surface area contributed by atoms with Crippen molar-refractivity contribution in [3.05, 3.63) is 88.9 Å². The molecular weight excluding hydrogens is 402 g/mol. The molecule has 0 spiro atoms. The molecule has 4 aromatic rings. The van der Waals surface area contributed by atoms with E-state index in [1.807, 2.05) is 36.4 Å². The van der Waals surface area contributed by atoms with Gasteiger partial charge in [0, 0.05) is 22.0 Å². The van der Waals surface area contributed by atoms with Crippen molar-refractivity contribution in [3.8, 4) is 22.8 Å². The number of methoxy groups -OCH3 is 1. The number of aryl methyl sites for hydroxylation is 1. The summed E-state index contributed by atoms with van der Waals surface area (Å²) < 4.78 is 7.33. The molecule has 0 saturated carbocycles. The molecule has 146 valence electrons. The number of benzene rings is 3. The molecule has 6 heteroatoms. The van der Waals surface area contributed by atoms with Crippen molar-refractivity contribution in [1.82, 2.24) is 14.8 Å². The fourth-order valence-corrected chi connectivity index (χ4v) is 3.98. The van der Waals surface area contributed by atoms with Crippen LogP contribution in [0.4, 0.5) is 0 Å². The van der Waals surface area contributed by atoms with Crippen LogP contribution in [0.5, 0.6) is 5.75 Å². The Hall–Kier alpha value is -2.76. The second kappa shape index (κ2) is 8.72. The highest BCUT2D eigenvalue weighted by atomic mass is 35.5. The Labute approximate surface area is 179 Å². The Morgan fingerprint density at radius 2 is 1.59 bits per heavy atom. The van der Waals surface area contributed by atoms with E-state index in [0.717, 1.165) is 33.7 Å². The molecule has 1 heterocycles. The number of aromatic nitrogens is 3. The molecule has 0 amide bonds. The lowest BCUT2D eigenvalue weighted by atomic mass is 10.2. The summed E-state index contributed by atoms with van der Waals surface area (Å²) in [4.78, 5) is 0. The summed E-state index contributed by atoms with van der Waals surface area (Å²) in [5, 5.41) is 10.5. The molecule has 0 N–H and O–H groups in total. The summed E-state index contributed by atoms with van der Waals surface area (Å²) in [5.74, 6) is 2.43. The predicted molar refractivity (Wildman–Crippen MR) is 119 cm³/mol. The topological polar surface area (TPSA) is 39.9 Å². The molecule has 29 heavy (non-hydrogen) atoms. The van der Waals surface area contributed by atoms with E-state index in [9.17, 15) is 0 Å². The molecule has 0 radical (unpaired) electrons. The third kappa shape index (κ3) is 4.47. The van der Waals surface area contributed by atoms with Crippen molar-refractivity contribution in [1.29, 1.82) is 0 Å². The van der Waals surface area contributed by atoms with Crippen LogP contribution in [0, 0.1) is 6.92 Å². The molecule has 0 saturated heterocycles. The second-order valence-corrected chi connectivity index (χ2v) is 8.00. The van der Waals surface area contributed by atoms with E-state index in [-0.39, 0.29) is 0 Å². The molecule has 3 aromatic carbocycles. The third-order valence-electron chi connectivity index (χ3n) is 4.55. The molecule has 0 unspecified atom stereocenters. The zero-order valence-corrected chi connectivity index (χ0v) is 17.7. The van der Waals surface area contributed by atoms with Crippen molar-refractivity contribution in [2.24, 2.45) is 0 Å². The summed E-state index contributed by atoms with van der Waals surface area (Å²) >= 11 is 7.72. The Kier molecular flexibility index (Phi) is 5.88. The molecular formula is C23H20ClN3OS. The van der Waals surface area contributed by atoms with E-state index in [1.54, 1.807) is 18.9 Å². The standard InChI is InChI=1S/C23H20ClN3OS/c1-16-3-11-20(12-4-16)27-22(18-7-9-19(24)10-8-18)25-26-23(27)29-15-17-5-13-21(28-2)14-6-17/h3-14H,15H2,1-2H3. The van der Waals surface area contributed by atoms with Crippen LogP contribution in [-0.4, -0.2) is 21.9 Å². The Bertz CT molecular complexity index is 1090. The van der Waals surface area contributed by atoms with E-state index < -0.39 is 0 Å². The predicted octanol–water partition coefficient (Wildman–Crippen LogP) is 6.20. The average Bonchev–Trinajstić information content (AvgIpc) is 3.17. The highest BCUT2D eigenvalue weighted by molar-refractivity contribution is 7.98. The van der Waals surface area contributed by atoms with Crippen molar-refractivity contribution in [2.75, 3.05) is 7.11 Å². The van der Waals surface area contributed by atoms with Gasteiger partial charge in [-0.25, -0.2) is 0 Å². The molecule has 4 rings (SSSR count). The van der Waals surface area contributed by atoms with Crippen LogP contribution < -0.4 is 4.74 Å². The first kappa shape index (κ1) is 19.6. The molecule has 4 nitrogen and oxygen atoms in total. The van der Waals surface area contributed by atoms with Gasteiger partial charge in [-0.15, -0.1) is 10.2 Å². The lowest BCUT2D eigenvalue weighted by molar-refractivity contribution is 0.414. The maximum Gasteiger partial charge on any atom is 0.196 e. The molecule has 0 atom stereocenters. The van der Waals surface area contributed by atoms with Gasteiger partial charge >= 0.3 is 0 Å². The molecule has 0 aliphatic rings. The Balaban J connectivity index is 1.69. The molecule has 0 fully saturated rings. The first-order chi connectivity index (χ1) is 14.1. The SMILES string of the molecule is COc1ccc(CSc2nnc(-c3ccc(Cl)cc3)n2-c2ccc(C)cc2)cc1. The van der Waals surface area contributed by atoms with E-state index >= 15 is 0 Å². The van der Waals surface area contributed by atoms with Crippen molar-refractivity contribution < 1.29 is 4.74 Å². The third-order valence-corrected chi connectivity index (χ3v) is 5.81. The van der Waals surface area contributed by atoms with Crippen LogP contribution in [0.25, 0.3) is 17.1 Å². The molecule has 1 aromatic heterocycles. The largest absolute Gasteiger partial charge is 0.497 e. The maximum atomic E-state index is 6.06. The van der Waals surface area contributed by atoms with Crippen LogP contribution in [0.3, 0.4) is 0 Å². The smallest absolute Gasteiger partial charge is 0.196 e. The lowest BCUT2D eigenvalue weighted by Crippen LogP contribution is -2.00. The molecule has 0 aliphatic carbocycles. The van der Waals surface area contributed by atoms with Crippen LogP contribution >= 0.6 is 23.4 Å². The van der Waals surface area contributed by atoms with E-state index in [4.69, 9.17) is 16.3 Å². The summed E-state index contributed by atoms with van der Waals surface area (Å²) in [6.45, 7) is 2.08. The van der Waals surface area contributed by atoms with E-state index in [2.05, 4.69) is 58.1 Å². The van der Waals surface area contributed by atoms with Gasteiger partial charge in [-0.1, -0.05) is 53.2 Å². The van der Waals surface area contributed by atoms with Gasteiger partial charge in [0.05, 0.1) is 7.11 Å². The zero-order chi connectivity index (χ0) is 20.2. The number of rotatable bonds is 6. The number of hydrogen-bond donors (Lipinski definition) is 0. The minimum absolute atomic E-state index is 0.698. The van der Waals surface area contributed by atoms with Crippen molar-refractivity contribution in [2.45, 2.75) is 17.8 Å². The Morgan fingerprint density at radius 1 is 0.897 bits per heavy atom. The van der Waals surface area contributed by atoms with Gasteiger partial charge in [-0.3, -0.25) is 4.57 Å². The highest BCUT2D eigenvalue weighted by Crippen LogP contribution is 2.30. The highest BCUT2D eigenvalue weighted by Gasteiger charge is 2.16. The summed E-state index contributed by atoms with van der Waals surface area (Å²) in [7, 11) is 1.67. The lowest BCUT2D eigenvalue weighted by Gasteiger charge is -2.11. The van der Waals surface area contributed by atoms with Crippen molar-refractivity contribution >= 4 is 23.4 Å². The summed E-state index contributed by atoms with van der Waals surface area (Å²) in [6, 6.07) is 24.1. The monoisotopic (exact) mass is 421 g/mol. The molecule has 0 bridgehead atoms.